The number of rotatable bonds is 1. The van der Waals surface area contributed by atoms with Gasteiger partial charge in [-0.3, -0.25) is 0 Å². The fourth-order valence-electron chi connectivity index (χ4n) is 0.883. The van der Waals surface area contributed by atoms with Crippen molar-refractivity contribution in [3.63, 3.8) is 0 Å². The minimum absolute atomic E-state index is 0.0603. The minimum Gasteiger partial charge on any atom is -0.478 e. The largest absolute Gasteiger partial charge is 0.478 e. The molecule has 0 aromatic carbocycles. The van der Waals surface area contributed by atoms with E-state index in [1.807, 2.05) is 0 Å². The SMILES string of the molecule is O=C=C1C=CC=C(C(=O)O)C1O. The number of hydrogen-bond donors (Lipinski definition) is 2. The standard InChI is InChI=1S/C8H6O4/c9-4-5-2-1-3-6(7(5)10)8(11)12/h1-3,7,10H,(H,11,12). The first kappa shape index (κ1) is 8.46. The molecule has 0 saturated heterocycles. The molecule has 4 heteroatoms. The number of hydrogen-bond acceptors (Lipinski definition) is 3. The summed E-state index contributed by atoms with van der Waals surface area (Å²) in [6.07, 6.45) is 2.60. The molecule has 0 radical (unpaired) electrons. The summed E-state index contributed by atoms with van der Waals surface area (Å²) in [6, 6.07) is 0. The van der Waals surface area contributed by atoms with Crippen LogP contribution in [0.15, 0.2) is 29.4 Å². The van der Waals surface area contributed by atoms with Crippen LogP contribution < -0.4 is 0 Å². The topological polar surface area (TPSA) is 74.6 Å². The van der Waals surface area contributed by atoms with Crippen molar-refractivity contribution in [1.29, 1.82) is 0 Å². The second-order valence-electron chi connectivity index (χ2n) is 2.25. The molecule has 0 heterocycles. The smallest absolute Gasteiger partial charge is 0.334 e. The van der Waals surface area contributed by atoms with Crippen molar-refractivity contribution >= 4 is 11.9 Å². The summed E-state index contributed by atoms with van der Waals surface area (Å²) in [7, 11) is 0. The van der Waals surface area contributed by atoms with Crippen LogP contribution in [0.4, 0.5) is 0 Å². The molecular weight excluding hydrogens is 160 g/mol. The van der Waals surface area contributed by atoms with Crippen LogP contribution in [0.1, 0.15) is 0 Å². The molecule has 1 aliphatic carbocycles. The molecule has 1 aliphatic rings. The predicted octanol–water partition coefficient (Wildman–Crippen LogP) is -0.314. The van der Waals surface area contributed by atoms with Crippen LogP contribution in [-0.4, -0.2) is 28.2 Å². The van der Waals surface area contributed by atoms with E-state index in [4.69, 9.17) is 5.11 Å². The summed E-state index contributed by atoms with van der Waals surface area (Å²) in [5.41, 5.74) is -0.272. The van der Waals surface area contributed by atoms with Gasteiger partial charge in [0.1, 0.15) is 12.0 Å². The maximum absolute atomic E-state index is 10.4. The molecule has 4 nitrogen and oxygen atoms in total. The molecule has 0 fully saturated rings. The van der Waals surface area contributed by atoms with Crippen molar-refractivity contribution in [1.82, 2.24) is 0 Å². The lowest BCUT2D eigenvalue weighted by Crippen LogP contribution is -2.21. The molecule has 0 aromatic rings. The normalized spacial score (nSPS) is 21.6. The molecule has 0 bridgehead atoms. The minimum atomic E-state index is -1.36. The highest BCUT2D eigenvalue weighted by Crippen LogP contribution is 2.16. The lowest BCUT2D eigenvalue weighted by atomic mass is 9.98. The second-order valence-corrected chi connectivity index (χ2v) is 2.25. The molecule has 12 heavy (non-hydrogen) atoms. The zero-order valence-corrected chi connectivity index (χ0v) is 6.02. The highest BCUT2D eigenvalue weighted by Gasteiger charge is 2.22. The number of allylic oxidation sites excluding steroid dienone is 2. The van der Waals surface area contributed by atoms with Crippen LogP contribution in [0.3, 0.4) is 0 Å². The van der Waals surface area contributed by atoms with Gasteiger partial charge < -0.3 is 10.2 Å². The van der Waals surface area contributed by atoms with E-state index in [2.05, 4.69) is 0 Å². The Morgan fingerprint density at radius 3 is 2.75 bits per heavy atom. The summed E-state index contributed by atoms with van der Waals surface area (Å²) >= 11 is 0. The van der Waals surface area contributed by atoms with Gasteiger partial charge in [0.15, 0.2) is 0 Å². The Hall–Kier alpha value is -1.64. The third-order valence-corrected chi connectivity index (χ3v) is 1.51. The van der Waals surface area contributed by atoms with E-state index in [9.17, 15) is 14.7 Å². The van der Waals surface area contributed by atoms with Gasteiger partial charge in [0.05, 0.1) is 11.1 Å². The molecule has 1 unspecified atom stereocenters. The molecule has 62 valence electrons. The number of carbonyl (C=O) groups excluding carboxylic acids is 1. The highest BCUT2D eigenvalue weighted by atomic mass is 16.4. The third-order valence-electron chi connectivity index (χ3n) is 1.51. The van der Waals surface area contributed by atoms with Crippen molar-refractivity contribution in [2.75, 3.05) is 0 Å². The molecule has 0 amide bonds. The number of aliphatic carboxylic acids is 1. The predicted molar refractivity (Wildman–Crippen MR) is 40.1 cm³/mol. The van der Waals surface area contributed by atoms with Crippen molar-refractivity contribution in [2.45, 2.75) is 6.10 Å². The monoisotopic (exact) mass is 166 g/mol. The number of aliphatic hydroxyl groups is 1. The Balaban J connectivity index is 3.06. The molecule has 0 aliphatic heterocycles. The quantitative estimate of drug-likeness (QED) is 0.524. The summed E-state index contributed by atoms with van der Waals surface area (Å²) in [5, 5.41) is 17.7. The van der Waals surface area contributed by atoms with Crippen molar-refractivity contribution in [2.24, 2.45) is 0 Å². The zero-order valence-electron chi connectivity index (χ0n) is 6.02. The fraction of sp³-hybridized carbons (Fsp3) is 0.125. The van der Waals surface area contributed by atoms with Gasteiger partial charge >= 0.3 is 5.97 Å². The molecular formula is C8H6O4. The molecule has 1 rings (SSSR count). The van der Waals surface area contributed by atoms with E-state index in [1.54, 1.807) is 0 Å². The van der Waals surface area contributed by atoms with E-state index in [0.717, 1.165) is 0 Å². The zero-order chi connectivity index (χ0) is 9.14. The third kappa shape index (κ3) is 1.34. The van der Waals surface area contributed by atoms with Crippen LogP contribution in [0.5, 0.6) is 0 Å². The highest BCUT2D eigenvalue weighted by molar-refractivity contribution is 5.90. The average Bonchev–Trinajstić information content (AvgIpc) is 2.04. The van der Waals surface area contributed by atoms with Crippen LogP contribution in [0, 0.1) is 0 Å². The van der Waals surface area contributed by atoms with E-state index >= 15 is 0 Å². The fourth-order valence-corrected chi connectivity index (χ4v) is 0.883. The van der Waals surface area contributed by atoms with Crippen LogP contribution >= 0.6 is 0 Å². The van der Waals surface area contributed by atoms with Gasteiger partial charge in [-0.25, -0.2) is 9.59 Å². The summed E-state index contributed by atoms with van der Waals surface area (Å²) < 4.78 is 0. The molecule has 0 spiro atoms. The van der Waals surface area contributed by atoms with Crippen LogP contribution in [-0.2, 0) is 9.59 Å². The van der Waals surface area contributed by atoms with Crippen molar-refractivity contribution in [3.8, 4) is 0 Å². The average molecular weight is 166 g/mol. The van der Waals surface area contributed by atoms with Crippen LogP contribution in [0.25, 0.3) is 0 Å². The Bertz CT molecular complexity index is 318. The lowest BCUT2D eigenvalue weighted by molar-refractivity contribution is -0.133. The first-order valence-corrected chi connectivity index (χ1v) is 3.21. The van der Waals surface area contributed by atoms with Gasteiger partial charge in [-0.2, -0.15) is 0 Å². The maximum Gasteiger partial charge on any atom is 0.334 e. The molecule has 2 N–H and O–H groups in total. The Morgan fingerprint density at radius 1 is 1.58 bits per heavy atom. The molecule has 1 atom stereocenters. The summed E-state index contributed by atoms with van der Waals surface area (Å²) in [6.45, 7) is 0. The number of carbonyl (C=O) groups is 1. The number of aliphatic hydroxyl groups excluding tert-OH is 1. The van der Waals surface area contributed by atoms with Gasteiger partial charge in [0.25, 0.3) is 0 Å². The van der Waals surface area contributed by atoms with Crippen molar-refractivity contribution in [3.05, 3.63) is 29.4 Å². The maximum atomic E-state index is 10.4. The number of carboxylic acids is 1. The first-order valence-electron chi connectivity index (χ1n) is 3.21. The Kier molecular flexibility index (Phi) is 2.24. The Morgan fingerprint density at radius 2 is 2.25 bits per heavy atom. The second kappa shape index (κ2) is 3.17. The van der Waals surface area contributed by atoms with Crippen molar-refractivity contribution < 1.29 is 19.8 Å². The summed E-state index contributed by atoms with van der Waals surface area (Å²) in [4.78, 5) is 20.6. The molecule has 0 saturated carbocycles. The van der Waals surface area contributed by atoms with Gasteiger partial charge in [0, 0.05) is 0 Å². The van der Waals surface area contributed by atoms with E-state index < -0.39 is 12.1 Å². The first-order chi connectivity index (χ1) is 5.66. The van der Waals surface area contributed by atoms with Gasteiger partial charge in [0.2, 0.25) is 0 Å². The van der Waals surface area contributed by atoms with Crippen LogP contribution in [0.2, 0.25) is 0 Å². The van der Waals surface area contributed by atoms with E-state index in [0.29, 0.717) is 0 Å². The Labute approximate surface area is 68.1 Å². The van der Waals surface area contributed by atoms with Gasteiger partial charge in [-0.05, 0) is 12.2 Å². The van der Waals surface area contributed by atoms with E-state index in [1.165, 1.54) is 24.2 Å². The number of carboxylic acid groups (broad SMARTS) is 1. The lowest BCUT2D eigenvalue weighted by Gasteiger charge is -2.12. The van der Waals surface area contributed by atoms with Gasteiger partial charge in [-0.15, -0.1) is 0 Å². The summed E-state index contributed by atoms with van der Waals surface area (Å²) in [5.74, 6) is 0.228. The van der Waals surface area contributed by atoms with E-state index in [-0.39, 0.29) is 11.1 Å². The molecule has 0 aromatic heterocycles. The van der Waals surface area contributed by atoms with Gasteiger partial charge in [-0.1, -0.05) is 6.08 Å².